The topological polar surface area (TPSA) is 80.3 Å². The molecule has 2 N–H and O–H groups in total. The predicted molar refractivity (Wildman–Crippen MR) is 133 cm³/mol. The molecular weight excluding hydrogens is 414 g/mol. The second kappa shape index (κ2) is 10.1. The minimum absolute atomic E-state index is 0.0723. The molecular formula is C27H27N3O3. The largest absolute Gasteiger partial charge is 0.444 e. The van der Waals surface area contributed by atoms with Crippen LogP contribution in [-0.2, 0) is 20.7 Å². The number of carbonyl (C=O) groups is 2. The lowest BCUT2D eigenvalue weighted by Gasteiger charge is -2.16. The van der Waals surface area contributed by atoms with Gasteiger partial charge in [-0.2, -0.15) is 0 Å². The Morgan fingerprint density at radius 1 is 0.909 bits per heavy atom. The van der Waals surface area contributed by atoms with Crippen molar-refractivity contribution in [3.63, 3.8) is 0 Å². The molecule has 0 saturated heterocycles. The second-order valence-electron chi connectivity index (χ2n) is 8.03. The van der Waals surface area contributed by atoms with Gasteiger partial charge in [0.2, 0.25) is 0 Å². The number of ketones is 1. The van der Waals surface area contributed by atoms with Crippen molar-refractivity contribution in [1.82, 2.24) is 4.98 Å². The first-order chi connectivity index (χ1) is 16.0. The summed E-state index contributed by atoms with van der Waals surface area (Å²) in [7, 11) is 0. The number of para-hydroxylation sites is 2. The number of nitrogens with zero attached hydrogens (tertiary/aromatic N) is 1. The Bertz CT molecular complexity index is 1260. The predicted octanol–water partition coefficient (Wildman–Crippen LogP) is 5.98. The maximum Gasteiger partial charge on any atom is 0.307 e. The van der Waals surface area contributed by atoms with Gasteiger partial charge in [-0.15, -0.1) is 0 Å². The van der Waals surface area contributed by atoms with E-state index in [0.717, 1.165) is 50.9 Å². The van der Waals surface area contributed by atoms with Crippen molar-refractivity contribution in [3.05, 3.63) is 72.3 Å². The number of Topliss-reactive ketones (excluding diaryl/α,β-unsaturated/α-hetero) is 1. The highest BCUT2D eigenvalue weighted by molar-refractivity contribution is 6.08. The number of pyridine rings is 1. The van der Waals surface area contributed by atoms with Crippen molar-refractivity contribution in [2.24, 2.45) is 0 Å². The standard InChI is InChI=1S/C27H27N3O3/c1-3-8-26(32)33-17-28-20-14-19(13-18(2)31)15-21(16-20)29-27-22-9-4-6-11-24(22)30-25-12-7-5-10-23(25)27/h4-7,9-12,14-16,28H,3,8,13,17H2,1-2H3,(H,29,30). The molecule has 0 aliphatic heterocycles. The highest BCUT2D eigenvalue weighted by Crippen LogP contribution is 2.34. The molecule has 0 bridgehead atoms. The summed E-state index contributed by atoms with van der Waals surface area (Å²) in [4.78, 5) is 28.3. The molecule has 0 saturated carbocycles. The van der Waals surface area contributed by atoms with Gasteiger partial charge in [0.1, 0.15) is 5.78 Å². The SMILES string of the molecule is CCCC(=O)OCNc1cc(CC(C)=O)cc(Nc2c3ccccc3nc3ccccc23)c1. The van der Waals surface area contributed by atoms with Gasteiger partial charge in [0.25, 0.3) is 0 Å². The lowest BCUT2D eigenvalue weighted by atomic mass is 10.1. The summed E-state index contributed by atoms with van der Waals surface area (Å²) in [5.41, 5.74) is 5.23. The van der Waals surface area contributed by atoms with Crippen molar-refractivity contribution in [3.8, 4) is 0 Å². The van der Waals surface area contributed by atoms with Crippen LogP contribution in [0.1, 0.15) is 32.3 Å². The summed E-state index contributed by atoms with van der Waals surface area (Å²) in [6.07, 6.45) is 1.45. The number of ether oxygens (including phenoxy) is 1. The average molecular weight is 442 g/mol. The van der Waals surface area contributed by atoms with Gasteiger partial charge in [-0.25, -0.2) is 4.98 Å². The number of anilines is 3. The van der Waals surface area contributed by atoms with E-state index in [1.807, 2.05) is 73.7 Å². The number of benzene rings is 3. The van der Waals surface area contributed by atoms with Gasteiger partial charge >= 0.3 is 5.97 Å². The van der Waals surface area contributed by atoms with Crippen LogP contribution in [0.3, 0.4) is 0 Å². The van der Waals surface area contributed by atoms with Gasteiger partial charge in [0.15, 0.2) is 6.73 Å². The fraction of sp³-hybridized carbons (Fsp3) is 0.222. The minimum atomic E-state index is -0.238. The molecule has 0 aliphatic rings. The number of aromatic nitrogens is 1. The maximum atomic E-state index is 11.8. The Morgan fingerprint density at radius 3 is 2.18 bits per heavy atom. The Labute approximate surface area is 193 Å². The van der Waals surface area contributed by atoms with Crippen LogP contribution in [0.15, 0.2) is 66.7 Å². The molecule has 0 aliphatic carbocycles. The lowest BCUT2D eigenvalue weighted by Crippen LogP contribution is -2.12. The molecule has 0 spiro atoms. The molecule has 6 nitrogen and oxygen atoms in total. The van der Waals surface area contributed by atoms with Crippen LogP contribution >= 0.6 is 0 Å². The minimum Gasteiger partial charge on any atom is -0.444 e. The zero-order valence-electron chi connectivity index (χ0n) is 18.9. The molecule has 0 atom stereocenters. The molecule has 0 amide bonds. The number of carbonyl (C=O) groups excluding carboxylic acids is 2. The number of hydrogen-bond acceptors (Lipinski definition) is 6. The highest BCUT2D eigenvalue weighted by Gasteiger charge is 2.11. The molecule has 1 aromatic heterocycles. The Kier molecular flexibility index (Phi) is 6.83. The third-order valence-corrected chi connectivity index (χ3v) is 5.27. The summed E-state index contributed by atoms with van der Waals surface area (Å²) < 4.78 is 5.24. The summed E-state index contributed by atoms with van der Waals surface area (Å²) in [6.45, 7) is 3.58. The van der Waals surface area contributed by atoms with E-state index in [2.05, 4.69) is 10.6 Å². The van der Waals surface area contributed by atoms with Gasteiger partial charge in [-0.1, -0.05) is 43.3 Å². The molecule has 4 rings (SSSR count). The molecule has 0 fully saturated rings. The molecule has 0 radical (unpaired) electrons. The van der Waals surface area contributed by atoms with Crippen LogP contribution in [0, 0.1) is 0 Å². The summed E-state index contributed by atoms with van der Waals surface area (Å²) in [5, 5.41) is 8.73. The third-order valence-electron chi connectivity index (χ3n) is 5.27. The number of fused-ring (bicyclic) bond motifs is 2. The second-order valence-corrected chi connectivity index (χ2v) is 8.03. The molecule has 6 heteroatoms. The van der Waals surface area contributed by atoms with Crippen molar-refractivity contribution in [2.75, 3.05) is 17.4 Å². The van der Waals surface area contributed by atoms with E-state index in [4.69, 9.17) is 9.72 Å². The van der Waals surface area contributed by atoms with Crippen molar-refractivity contribution in [2.45, 2.75) is 33.1 Å². The van der Waals surface area contributed by atoms with E-state index >= 15 is 0 Å². The number of nitrogens with one attached hydrogen (secondary N) is 2. The first-order valence-corrected chi connectivity index (χ1v) is 11.1. The van der Waals surface area contributed by atoms with Crippen molar-refractivity contribution < 1.29 is 14.3 Å². The molecule has 0 unspecified atom stereocenters. The lowest BCUT2D eigenvalue weighted by molar-refractivity contribution is -0.142. The van der Waals surface area contributed by atoms with E-state index in [9.17, 15) is 9.59 Å². The van der Waals surface area contributed by atoms with Crippen molar-refractivity contribution >= 4 is 50.6 Å². The summed E-state index contributed by atoms with van der Waals surface area (Å²) >= 11 is 0. The number of hydrogen-bond donors (Lipinski definition) is 2. The number of esters is 1. The summed E-state index contributed by atoms with van der Waals surface area (Å²) in [6, 6.07) is 21.8. The zero-order chi connectivity index (χ0) is 23.2. The zero-order valence-corrected chi connectivity index (χ0v) is 18.9. The molecule has 1 heterocycles. The van der Waals surface area contributed by atoms with Crippen LogP contribution in [0.5, 0.6) is 0 Å². The van der Waals surface area contributed by atoms with Crippen LogP contribution in [0.25, 0.3) is 21.8 Å². The highest BCUT2D eigenvalue weighted by atomic mass is 16.5. The molecule has 33 heavy (non-hydrogen) atoms. The fourth-order valence-corrected chi connectivity index (χ4v) is 3.85. The Morgan fingerprint density at radius 2 is 1.55 bits per heavy atom. The van der Waals surface area contributed by atoms with Crippen LogP contribution < -0.4 is 10.6 Å². The first kappa shape index (κ1) is 22.3. The monoisotopic (exact) mass is 441 g/mol. The molecule has 4 aromatic rings. The fourth-order valence-electron chi connectivity index (χ4n) is 3.85. The Hall–Kier alpha value is -3.93. The smallest absolute Gasteiger partial charge is 0.307 e. The average Bonchev–Trinajstić information content (AvgIpc) is 2.78. The van der Waals surface area contributed by atoms with Gasteiger partial charge in [-0.3, -0.25) is 9.59 Å². The first-order valence-electron chi connectivity index (χ1n) is 11.1. The van der Waals surface area contributed by atoms with E-state index in [-0.39, 0.29) is 18.5 Å². The molecule has 3 aromatic carbocycles. The maximum absolute atomic E-state index is 11.8. The van der Waals surface area contributed by atoms with E-state index < -0.39 is 0 Å². The number of rotatable bonds is 9. The van der Waals surface area contributed by atoms with Crippen LogP contribution in [-0.4, -0.2) is 23.5 Å². The van der Waals surface area contributed by atoms with Crippen molar-refractivity contribution in [1.29, 1.82) is 0 Å². The van der Waals surface area contributed by atoms with Gasteiger partial charge < -0.3 is 15.4 Å². The van der Waals surface area contributed by atoms with Gasteiger partial charge in [0.05, 0.1) is 16.7 Å². The van der Waals surface area contributed by atoms with Crippen LogP contribution in [0.2, 0.25) is 0 Å². The van der Waals surface area contributed by atoms with Crippen LogP contribution in [0.4, 0.5) is 17.1 Å². The quantitative estimate of drug-likeness (QED) is 0.189. The summed E-state index contributed by atoms with van der Waals surface area (Å²) in [5.74, 6) is -0.162. The molecule has 168 valence electrons. The van der Waals surface area contributed by atoms with E-state index in [1.165, 1.54) is 0 Å². The Balaban J connectivity index is 1.70. The third kappa shape index (κ3) is 5.47. The van der Waals surface area contributed by atoms with E-state index in [1.54, 1.807) is 6.92 Å². The normalized spacial score (nSPS) is 10.8. The van der Waals surface area contributed by atoms with Gasteiger partial charge in [0, 0.05) is 35.0 Å². The van der Waals surface area contributed by atoms with Gasteiger partial charge in [-0.05, 0) is 49.2 Å². The van der Waals surface area contributed by atoms with E-state index in [0.29, 0.717) is 12.8 Å².